The average molecular weight is 308 g/mol. The lowest BCUT2D eigenvalue weighted by molar-refractivity contribution is 0.00748. The summed E-state index contributed by atoms with van der Waals surface area (Å²) in [5.41, 5.74) is -0.191. The summed E-state index contributed by atoms with van der Waals surface area (Å²) in [6.45, 7) is 1.91. The van der Waals surface area contributed by atoms with Crippen LogP contribution in [-0.2, 0) is 5.60 Å². The van der Waals surface area contributed by atoms with Crippen LogP contribution in [0.5, 0.6) is 5.75 Å². The van der Waals surface area contributed by atoms with Gasteiger partial charge in [-0.2, -0.15) is 0 Å². The number of halogens is 1. The highest BCUT2D eigenvalue weighted by Crippen LogP contribution is 2.22. The number of rotatable bonds is 4. The fraction of sp³-hybridized carbons (Fsp3) is 0.214. The second kappa shape index (κ2) is 5.50. The normalized spacial score (nSPS) is 13.9. The molecule has 2 rings (SSSR count). The number of benzene rings is 1. The summed E-state index contributed by atoms with van der Waals surface area (Å²) in [4.78, 5) is 4.06. The van der Waals surface area contributed by atoms with Gasteiger partial charge in [-0.05, 0) is 40.5 Å². The Balaban J connectivity index is 2.03. The molecule has 1 aromatic carbocycles. The van der Waals surface area contributed by atoms with E-state index in [2.05, 4.69) is 20.9 Å². The molecule has 0 bridgehead atoms. The Hall–Kier alpha value is -1.39. The molecule has 18 heavy (non-hydrogen) atoms. The Morgan fingerprint density at radius 1 is 1.22 bits per heavy atom. The van der Waals surface area contributed by atoms with Crippen molar-refractivity contribution in [3.05, 3.63) is 58.8 Å². The molecule has 0 aliphatic carbocycles. The van der Waals surface area contributed by atoms with E-state index in [0.717, 1.165) is 10.2 Å². The molecule has 0 unspecified atom stereocenters. The number of pyridine rings is 1. The summed E-state index contributed by atoms with van der Waals surface area (Å²) >= 11 is 3.26. The minimum absolute atomic E-state index is 0.181. The number of aromatic nitrogens is 1. The number of hydrogen-bond acceptors (Lipinski definition) is 3. The molecule has 1 N–H and O–H groups in total. The average Bonchev–Trinajstić information content (AvgIpc) is 2.39. The second-order valence-electron chi connectivity index (χ2n) is 4.25. The molecule has 1 atom stereocenters. The Labute approximate surface area is 115 Å². The van der Waals surface area contributed by atoms with E-state index in [1.54, 1.807) is 25.3 Å². The first-order valence-electron chi connectivity index (χ1n) is 5.60. The lowest BCUT2D eigenvalue weighted by atomic mass is 9.97. The predicted octanol–water partition coefficient (Wildman–Crippen LogP) is 3.13. The Morgan fingerprint density at radius 3 is 2.56 bits per heavy atom. The van der Waals surface area contributed by atoms with Crippen molar-refractivity contribution in [1.82, 2.24) is 4.98 Å². The second-order valence-corrected chi connectivity index (χ2v) is 5.06. The van der Waals surface area contributed by atoms with Gasteiger partial charge in [0.05, 0.1) is 6.20 Å². The van der Waals surface area contributed by atoms with Crippen LogP contribution in [0.3, 0.4) is 0 Å². The first-order chi connectivity index (χ1) is 8.58. The molecule has 1 heterocycles. The van der Waals surface area contributed by atoms with Gasteiger partial charge in [-0.1, -0.05) is 30.3 Å². The molecular weight excluding hydrogens is 294 g/mol. The van der Waals surface area contributed by atoms with Crippen LogP contribution in [0.2, 0.25) is 0 Å². The highest BCUT2D eigenvalue weighted by molar-refractivity contribution is 9.10. The third kappa shape index (κ3) is 3.31. The highest BCUT2D eigenvalue weighted by atomic mass is 79.9. The van der Waals surface area contributed by atoms with Crippen molar-refractivity contribution in [2.75, 3.05) is 6.61 Å². The summed E-state index contributed by atoms with van der Waals surface area (Å²) in [7, 11) is 0. The maximum atomic E-state index is 10.3. The zero-order valence-corrected chi connectivity index (χ0v) is 11.6. The molecular formula is C14H14BrNO2. The molecule has 0 aliphatic heterocycles. The van der Waals surface area contributed by atoms with E-state index in [1.807, 2.05) is 30.3 Å². The number of aliphatic hydroxyl groups is 1. The molecule has 3 nitrogen and oxygen atoms in total. The quantitative estimate of drug-likeness (QED) is 0.882. The van der Waals surface area contributed by atoms with E-state index in [9.17, 15) is 5.11 Å². The summed E-state index contributed by atoms with van der Waals surface area (Å²) in [5, 5.41) is 10.3. The van der Waals surface area contributed by atoms with Gasteiger partial charge in [0, 0.05) is 0 Å². The Kier molecular flexibility index (Phi) is 3.99. The van der Waals surface area contributed by atoms with Gasteiger partial charge >= 0.3 is 0 Å². The standard InChI is InChI=1S/C14H14BrNO2/c1-14(17,11-5-3-2-4-6-11)10-18-12-7-8-13(15)16-9-12/h2-9,17H,10H2,1H3/t14-/m0/s1. The molecule has 1 aromatic heterocycles. The Bertz CT molecular complexity index is 497. The largest absolute Gasteiger partial charge is 0.489 e. The van der Waals surface area contributed by atoms with Gasteiger partial charge < -0.3 is 9.84 Å². The summed E-state index contributed by atoms with van der Waals surface area (Å²) < 4.78 is 6.30. The molecule has 0 spiro atoms. The Morgan fingerprint density at radius 2 is 1.94 bits per heavy atom. The van der Waals surface area contributed by atoms with Gasteiger partial charge in [0.15, 0.2) is 0 Å². The van der Waals surface area contributed by atoms with Crippen molar-refractivity contribution in [1.29, 1.82) is 0 Å². The first kappa shape index (κ1) is 13.1. The van der Waals surface area contributed by atoms with Gasteiger partial charge in [-0.3, -0.25) is 0 Å². The highest BCUT2D eigenvalue weighted by Gasteiger charge is 2.23. The van der Waals surface area contributed by atoms with Crippen LogP contribution in [0.1, 0.15) is 12.5 Å². The monoisotopic (exact) mass is 307 g/mol. The molecule has 0 saturated heterocycles. The van der Waals surface area contributed by atoms with E-state index in [4.69, 9.17) is 4.74 Å². The topological polar surface area (TPSA) is 42.4 Å². The van der Waals surface area contributed by atoms with Gasteiger partial charge in [-0.25, -0.2) is 4.98 Å². The summed E-state index contributed by atoms with van der Waals surface area (Å²) in [5.74, 6) is 0.634. The van der Waals surface area contributed by atoms with Crippen LogP contribution in [0.25, 0.3) is 0 Å². The first-order valence-corrected chi connectivity index (χ1v) is 6.39. The third-order valence-electron chi connectivity index (χ3n) is 2.62. The zero-order chi connectivity index (χ0) is 13.0. The summed E-state index contributed by atoms with van der Waals surface area (Å²) in [6.07, 6.45) is 1.62. The lowest BCUT2D eigenvalue weighted by Gasteiger charge is -2.23. The number of ether oxygens (including phenoxy) is 1. The molecule has 2 aromatic rings. The molecule has 0 saturated carbocycles. The van der Waals surface area contributed by atoms with Crippen LogP contribution < -0.4 is 4.74 Å². The van der Waals surface area contributed by atoms with E-state index < -0.39 is 5.60 Å². The maximum Gasteiger partial charge on any atom is 0.137 e. The van der Waals surface area contributed by atoms with E-state index in [0.29, 0.717) is 5.75 Å². The van der Waals surface area contributed by atoms with E-state index in [1.165, 1.54) is 0 Å². The lowest BCUT2D eigenvalue weighted by Crippen LogP contribution is -2.29. The van der Waals surface area contributed by atoms with Gasteiger partial charge in [0.25, 0.3) is 0 Å². The van der Waals surface area contributed by atoms with Crippen molar-refractivity contribution in [2.45, 2.75) is 12.5 Å². The van der Waals surface area contributed by atoms with E-state index in [-0.39, 0.29) is 6.61 Å². The SMILES string of the molecule is C[C@](O)(COc1ccc(Br)nc1)c1ccccc1. The van der Waals surface area contributed by atoms with E-state index >= 15 is 0 Å². The molecule has 94 valence electrons. The predicted molar refractivity (Wildman–Crippen MR) is 73.4 cm³/mol. The van der Waals surface area contributed by atoms with Crippen LogP contribution in [0.15, 0.2) is 53.3 Å². The summed E-state index contributed by atoms with van der Waals surface area (Å²) in [6, 6.07) is 13.1. The minimum Gasteiger partial charge on any atom is -0.489 e. The third-order valence-corrected chi connectivity index (χ3v) is 3.08. The molecule has 0 aliphatic rings. The van der Waals surface area contributed by atoms with Crippen molar-refractivity contribution >= 4 is 15.9 Å². The maximum absolute atomic E-state index is 10.3. The number of hydrogen-bond donors (Lipinski definition) is 1. The van der Waals surface area contributed by atoms with Gasteiger partial charge in [0.1, 0.15) is 22.6 Å². The van der Waals surface area contributed by atoms with Crippen molar-refractivity contribution in [3.63, 3.8) is 0 Å². The van der Waals surface area contributed by atoms with Crippen LogP contribution >= 0.6 is 15.9 Å². The van der Waals surface area contributed by atoms with Crippen molar-refractivity contribution in [3.8, 4) is 5.75 Å². The van der Waals surface area contributed by atoms with Crippen molar-refractivity contribution in [2.24, 2.45) is 0 Å². The van der Waals surface area contributed by atoms with Crippen LogP contribution in [-0.4, -0.2) is 16.7 Å². The minimum atomic E-state index is -1.02. The molecule has 0 amide bonds. The van der Waals surface area contributed by atoms with Crippen LogP contribution in [0.4, 0.5) is 0 Å². The van der Waals surface area contributed by atoms with Crippen molar-refractivity contribution < 1.29 is 9.84 Å². The fourth-order valence-corrected chi connectivity index (χ4v) is 1.79. The van der Waals surface area contributed by atoms with Gasteiger partial charge in [0.2, 0.25) is 0 Å². The zero-order valence-electron chi connectivity index (χ0n) is 10.0. The molecule has 4 heteroatoms. The molecule has 0 fully saturated rings. The van der Waals surface area contributed by atoms with Gasteiger partial charge in [-0.15, -0.1) is 0 Å². The molecule has 0 radical (unpaired) electrons. The smallest absolute Gasteiger partial charge is 0.137 e. The fourth-order valence-electron chi connectivity index (χ4n) is 1.55. The number of nitrogens with zero attached hydrogens (tertiary/aromatic N) is 1. The van der Waals surface area contributed by atoms with Crippen LogP contribution in [0, 0.1) is 0 Å².